The summed E-state index contributed by atoms with van der Waals surface area (Å²) < 4.78 is 1.47. The van der Waals surface area contributed by atoms with Gasteiger partial charge in [0, 0.05) is 0 Å². The van der Waals surface area contributed by atoms with Crippen LogP contribution in [-0.2, 0) is 20.4 Å². The van der Waals surface area contributed by atoms with Crippen molar-refractivity contribution in [2.45, 2.75) is 45.7 Å². The van der Waals surface area contributed by atoms with E-state index in [1.807, 2.05) is 18.2 Å². The van der Waals surface area contributed by atoms with Gasteiger partial charge in [0.25, 0.3) is 0 Å². The van der Waals surface area contributed by atoms with Crippen LogP contribution < -0.4 is 15.3 Å². The van der Waals surface area contributed by atoms with Crippen LogP contribution >= 0.6 is 0 Å². The summed E-state index contributed by atoms with van der Waals surface area (Å²) in [6.07, 6.45) is 12.0. The van der Waals surface area contributed by atoms with Crippen molar-refractivity contribution in [2.75, 3.05) is 0 Å². The predicted octanol–water partition coefficient (Wildman–Crippen LogP) is 7.51. The first-order valence-corrected chi connectivity index (χ1v) is 20.8. The third-order valence-electron chi connectivity index (χ3n) is 4.30. The third-order valence-corrected chi connectivity index (χ3v) is 7.27. The Morgan fingerprint density at radius 3 is 1.00 bits per heavy atom. The standard InChI is InChI=1S/C10H22Si2.3C6H6O.C5H5.Ti/c1-11(2,3)9-7-8-10-12(4,5)6;3*7-6-4-2-1-3-5-6;1-2-4-5-3-1;/h7-10H,1-6H3;3*1-5,7H;1-3H,4H2;/q;;;;;+3/p-3. The van der Waals surface area contributed by atoms with Crippen LogP contribution in [0.1, 0.15) is 6.42 Å². The van der Waals surface area contributed by atoms with Crippen molar-refractivity contribution in [3.05, 3.63) is 137 Å². The molecule has 1 aliphatic rings. The maximum atomic E-state index is 10.3. The van der Waals surface area contributed by atoms with Crippen LogP contribution in [0, 0.1) is 0 Å². The van der Waals surface area contributed by atoms with Gasteiger partial charge >= 0.3 is 49.0 Å². The van der Waals surface area contributed by atoms with Gasteiger partial charge in [-0.1, -0.05) is 154 Å². The minimum absolute atomic E-state index is 0.0718. The van der Waals surface area contributed by atoms with E-state index in [2.05, 4.69) is 101 Å². The van der Waals surface area contributed by atoms with Crippen molar-refractivity contribution in [1.29, 1.82) is 0 Å². The molecule has 0 saturated carbocycles. The Kier molecular flexibility index (Phi) is 19.5. The van der Waals surface area contributed by atoms with Crippen LogP contribution in [0.4, 0.5) is 0 Å². The van der Waals surface area contributed by atoms with Crippen LogP contribution in [-0.4, -0.2) is 16.1 Å². The average Bonchev–Trinajstić information content (AvgIpc) is 3.35. The van der Waals surface area contributed by atoms with E-state index in [1.54, 1.807) is 36.4 Å². The fraction of sp³-hybridized carbons (Fsp3) is 0.212. The molecule has 0 atom stereocenters. The molecule has 6 heteroatoms. The molecule has 1 aliphatic carbocycles. The number of hydrogen-bond acceptors (Lipinski definition) is 3. The summed E-state index contributed by atoms with van der Waals surface area (Å²) in [5.41, 5.74) is 4.76. The summed E-state index contributed by atoms with van der Waals surface area (Å²) in [5.74, 6) is 0.215. The second-order valence-electron chi connectivity index (χ2n) is 10.7. The molecular weight excluding hydrogens is 548 g/mol. The molecule has 0 saturated heterocycles. The molecule has 3 nitrogen and oxygen atoms in total. The molecule has 3 aromatic rings. The van der Waals surface area contributed by atoms with Gasteiger partial charge in [-0.15, -0.1) is 17.2 Å². The van der Waals surface area contributed by atoms with E-state index >= 15 is 0 Å². The quantitative estimate of drug-likeness (QED) is 0.234. The predicted molar refractivity (Wildman–Crippen MR) is 164 cm³/mol. The van der Waals surface area contributed by atoms with Crippen molar-refractivity contribution in [2.24, 2.45) is 0 Å². The Hall–Kier alpha value is -2.83. The molecule has 4 rings (SSSR count). The van der Waals surface area contributed by atoms with E-state index in [9.17, 15) is 15.3 Å². The topological polar surface area (TPSA) is 69.2 Å². The van der Waals surface area contributed by atoms with E-state index in [0.717, 1.165) is 0 Å². The Morgan fingerprint density at radius 1 is 0.564 bits per heavy atom. The van der Waals surface area contributed by atoms with Crippen LogP contribution in [0.25, 0.3) is 0 Å². The molecule has 0 bridgehead atoms. The van der Waals surface area contributed by atoms with Crippen molar-refractivity contribution >= 4 is 16.1 Å². The van der Waals surface area contributed by atoms with Crippen molar-refractivity contribution in [3.63, 3.8) is 0 Å². The second kappa shape index (κ2) is 21.0. The van der Waals surface area contributed by atoms with Gasteiger partial charge in [-0.25, -0.2) is 0 Å². The number of para-hydroxylation sites is 3. The van der Waals surface area contributed by atoms with Gasteiger partial charge in [0.15, 0.2) is 0 Å². The molecule has 204 valence electrons. The Labute approximate surface area is 250 Å². The zero-order valence-corrected chi connectivity index (χ0v) is 27.7. The summed E-state index contributed by atoms with van der Waals surface area (Å²) in [6, 6.07) is 25.0. The molecule has 39 heavy (non-hydrogen) atoms. The van der Waals surface area contributed by atoms with Crippen LogP contribution in [0.3, 0.4) is 0 Å². The number of rotatable bonds is 3. The summed E-state index contributed by atoms with van der Waals surface area (Å²) in [4.78, 5) is 0. The fourth-order valence-electron chi connectivity index (χ4n) is 2.40. The van der Waals surface area contributed by atoms with Gasteiger partial charge in [-0.3, -0.25) is 0 Å². The number of hydrogen-bond donors (Lipinski definition) is 0. The SMILES string of the molecule is C[Si](C)(C)C=CC=C[Si](C)(C)C.[O-]c1ccccc1.[O-]c1ccccc1.[O-]c1ccccc1.[Ti+3][C]1=CC=CC1. The van der Waals surface area contributed by atoms with Gasteiger partial charge in [0.1, 0.15) is 0 Å². The normalized spacial score (nSPS) is 12.1. The first kappa shape index (κ1) is 36.2. The van der Waals surface area contributed by atoms with E-state index in [4.69, 9.17) is 0 Å². The molecule has 0 aromatic heterocycles. The Balaban J connectivity index is 0.000000473. The molecule has 0 N–H and O–H groups in total. The molecule has 0 amide bonds. The van der Waals surface area contributed by atoms with Gasteiger partial charge in [0.05, 0.1) is 16.1 Å². The van der Waals surface area contributed by atoms with Crippen molar-refractivity contribution in [1.82, 2.24) is 0 Å². The van der Waals surface area contributed by atoms with Gasteiger partial charge < -0.3 is 15.3 Å². The monoisotopic (exact) mass is 590 g/mol. The van der Waals surface area contributed by atoms with Gasteiger partial charge in [0.2, 0.25) is 0 Å². The minimum atomic E-state index is -0.970. The van der Waals surface area contributed by atoms with E-state index in [1.165, 1.54) is 46.7 Å². The number of allylic oxidation sites excluding steroid dienone is 6. The summed E-state index contributed by atoms with van der Waals surface area (Å²) in [6.45, 7) is 14.1. The third kappa shape index (κ3) is 28.0. The van der Waals surface area contributed by atoms with Crippen LogP contribution in [0.5, 0.6) is 17.2 Å². The van der Waals surface area contributed by atoms with E-state index in [0.29, 0.717) is 0 Å². The maximum absolute atomic E-state index is 10.3. The van der Waals surface area contributed by atoms with Crippen LogP contribution in [0.15, 0.2) is 137 Å². The average molecular weight is 591 g/mol. The second-order valence-corrected chi connectivity index (χ2v) is 21.8. The van der Waals surface area contributed by atoms with E-state index in [-0.39, 0.29) is 17.2 Å². The zero-order valence-electron chi connectivity index (χ0n) is 24.1. The molecule has 0 fully saturated rings. The molecule has 0 spiro atoms. The Morgan fingerprint density at radius 2 is 0.872 bits per heavy atom. The molecule has 0 aliphatic heterocycles. The van der Waals surface area contributed by atoms with Crippen LogP contribution in [0.2, 0.25) is 39.3 Å². The first-order valence-electron chi connectivity index (χ1n) is 12.9. The van der Waals surface area contributed by atoms with Crippen molar-refractivity contribution < 1.29 is 35.8 Å². The molecular formula is C33H42O3Si2Ti. The molecule has 0 heterocycles. The summed E-state index contributed by atoms with van der Waals surface area (Å²) in [7, 11) is -1.94. The van der Waals surface area contributed by atoms with Crippen molar-refractivity contribution in [3.8, 4) is 17.2 Å². The fourth-order valence-corrected chi connectivity index (χ4v) is 4.11. The molecule has 0 radical (unpaired) electrons. The first-order chi connectivity index (χ1) is 18.3. The van der Waals surface area contributed by atoms with Gasteiger partial charge in [-0.05, 0) is 0 Å². The molecule has 0 unspecified atom stereocenters. The van der Waals surface area contributed by atoms with E-state index < -0.39 is 16.1 Å². The molecule has 3 aromatic carbocycles. The van der Waals surface area contributed by atoms with Gasteiger partial charge in [-0.2, -0.15) is 0 Å². The summed E-state index contributed by atoms with van der Waals surface area (Å²) in [5, 5.41) is 30.8. The number of benzene rings is 3. The summed E-state index contributed by atoms with van der Waals surface area (Å²) >= 11 is 2.14. The Bertz CT molecular complexity index is 1000. The zero-order chi connectivity index (χ0) is 29.6.